The second-order valence-electron chi connectivity index (χ2n) is 3.20. The Morgan fingerprint density at radius 2 is 2.06 bits per heavy atom. The van der Waals surface area contributed by atoms with Gasteiger partial charge in [-0.1, -0.05) is 15.9 Å². The van der Waals surface area contributed by atoms with Crippen molar-refractivity contribution in [3.8, 4) is 6.07 Å². The molecule has 6 heteroatoms. The van der Waals surface area contributed by atoms with Gasteiger partial charge in [-0.25, -0.2) is 0 Å². The van der Waals surface area contributed by atoms with Crippen LogP contribution >= 0.6 is 15.9 Å². The molecular formula is C10H8BrF3N2. The van der Waals surface area contributed by atoms with E-state index >= 15 is 0 Å². The zero-order valence-corrected chi connectivity index (χ0v) is 9.64. The summed E-state index contributed by atoms with van der Waals surface area (Å²) >= 11 is 3.11. The van der Waals surface area contributed by atoms with Crippen LogP contribution in [0.1, 0.15) is 23.6 Å². The van der Waals surface area contributed by atoms with Crippen LogP contribution in [-0.4, -0.2) is 0 Å². The normalized spacial score (nSPS) is 13.2. The molecule has 2 nitrogen and oxygen atoms in total. The summed E-state index contributed by atoms with van der Waals surface area (Å²) in [5.41, 5.74) is 5.12. The summed E-state index contributed by atoms with van der Waals surface area (Å²) < 4.78 is 37.8. The number of hydrogen-bond donors (Lipinski definition) is 1. The molecule has 0 aliphatic rings. The highest BCUT2D eigenvalue weighted by atomic mass is 79.9. The van der Waals surface area contributed by atoms with Gasteiger partial charge < -0.3 is 5.73 Å². The summed E-state index contributed by atoms with van der Waals surface area (Å²) in [5.74, 6) is 0. The van der Waals surface area contributed by atoms with Gasteiger partial charge in [-0.3, -0.25) is 0 Å². The molecule has 0 fully saturated rings. The van der Waals surface area contributed by atoms with Crippen molar-refractivity contribution in [3.63, 3.8) is 0 Å². The number of rotatable bonds is 2. The summed E-state index contributed by atoms with van der Waals surface area (Å²) in [6, 6.07) is 4.32. The van der Waals surface area contributed by atoms with E-state index in [0.717, 1.165) is 12.1 Å². The first-order valence-electron chi connectivity index (χ1n) is 4.35. The average Bonchev–Trinajstić information content (AvgIpc) is 2.16. The highest BCUT2D eigenvalue weighted by molar-refractivity contribution is 9.10. The SMILES string of the molecule is N#CC[C@H](N)c1cc(C(F)(F)F)ccc1Br. The van der Waals surface area contributed by atoms with E-state index in [1.165, 1.54) is 6.07 Å². The molecule has 0 saturated carbocycles. The second kappa shape index (κ2) is 4.85. The van der Waals surface area contributed by atoms with Crippen LogP contribution in [0.4, 0.5) is 13.2 Å². The van der Waals surface area contributed by atoms with Crippen LogP contribution in [0.3, 0.4) is 0 Å². The summed E-state index contributed by atoms with van der Waals surface area (Å²) in [5, 5.41) is 8.45. The molecule has 2 N–H and O–H groups in total. The standard InChI is InChI=1S/C10H8BrF3N2/c11-8-2-1-6(10(12,13)14)5-7(8)9(16)3-4-15/h1-2,5,9H,3,16H2/t9-/m0/s1. The molecule has 0 aliphatic heterocycles. The second-order valence-corrected chi connectivity index (χ2v) is 4.06. The molecule has 0 spiro atoms. The molecule has 0 unspecified atom stereocenters. The third kappa shape index (κ3) is 2.97. The maximum atomic E-state index is 12.4. The number of benzene rings is 1. The lowest BCUT2D eigenvalue weighted by Crippen LogP contribution is -2.12. The summed E-state index contributed by atoms with van der Waals surface area (Å²) in [6.45, 7) is 0. The minimum absolute atomic E-state index is 0.0279. The van der Waals surface area contributed by atoms with Crippen LogP contribution in [0.25, 0.3) is 0 Å². The molecule has 0 amide bonds. The molecule has 0 heterocycles. The molecule has 1 atom stereocenters. The number of nitriles is 1. The lowest BCUT2D eigenvalue weighted by atomic mass is 10.0. The van der Waals surface area contributed by atoms with E-state index in [-0.39, 0.29) is 12.0 Å². The molecule has 16 heavy (non-hydrogen) atoms. The van der Waals surface area contributed by atoms with Crippen molar-refractivity contribution < 1.29 is 13.2 Å². The Kier molecular flexibility index (Phi) is 3.94. The largest absolute Gasteiger partial charge is 0.416 e. The number of nitrogens with zero attached hydrogens (tertiary/aromatic N) is 1. The van der Waals surface area contributed by atoms with Gasteiger partial charge in [0.25, 0.3) is 0 Å². The fourth-order valence-electron chi connectivity index (χ4n) is 1.21. The molecule has 0 radical (unpaired) electrons. The maximum absolute atomic E-state index is 12.4. The molecule has 86 valence electrons. The van der Waals surface area contributed by atoms with E-state index in [1.807, 2.05) is 6.07 Å². The van der Waals surface area contributed by atoms with Crippen molar-refractivity contribution in [2.45, 2.75) is 18.6 Å². The van der Waals surface area contributed by atoms with Crippen molar-refractivity contribution in [1.82, 2.24) is 0 Å². The Morgan fingerprint density at radius 1 is 1.44 bits per heavy atom. The van der Waals surface area contributed by atoms with Crippen LogP contribution in [0, 0.1) is 11.3 Å². The first-order chi connectivity index (χ1) is 7.36. The van der Waals surface area contributed by atoms with Crippen molar-refractivity contribution in [3.05, 3.63) is 33.8 Å². The molecule has 1 aromatic rings. The van der Waals surface area contributed by atoms with E-state index in [4.69, 9.17) is 11.0 Å². The van der Waals surface area contributed by atoms with E-state index in [1.54, 1.807) is 0 Å². The maximum Gasteiger partial charge on any atom is 0.416 e. The van der Waals surface area contributed by atoms with Gasteiger partial charge in [0.15, 0.2) is 0 Å². The van der Waals surface area contributed by atoms with Gasteiger partial charge in [0.05, 0.1) is 18.1 Å². The quantitative estimate of drug-likeness (QED) is 0.908. The first-order valence-corrected chi connectivity index (χ1v) is 5.14. The molecule has 0 bridgehead atoms. The number of hydrogen-bond acceptors (Lipinski definition) is 2. The van der Waals surface area contributed by atoms with E-state index in [9.17, 15) is 13.2 Å². The molecule has 0 aliphatic carbocycles. The van der Waals surface area contributed by atoms with Crippen LogP contribution in [0.15, 0.2) is 22.7 Å². The fourth-order valence-corrected chi connectivity index (χ4v) is 1.75. The van der Waals surface area contributed by atoms with E-state index in [0.29, 0.717) is 4.47 Å². The Labute approximate surface area is 99.0 Å². The smallest absolute Gasteiger partial charge is 0.323 e. The summed E-state index contributed by atoms with van der Waals surface area (Å²) in [7, 11) is 0. The minimum Gasteiger partial charge on any atom is -0.323 e. The highest BCUT2D eigenvalue weighted by Crippen LogP contribution is 2.33. The van der Waals surface area contributed by atoms with Gasteiger partial charge in [0.2, 0.25) is 0 Å². The first kappa shape index (κ1) is 13.0. The minimum atomic E-state index is -4.40. The Hall–Kier alpha value is -1.06. The van der Waals surface area contributed by atoms with Gasteiger partial charge >= 0.3 is 6.18 Å². The summed E-state index contributed by atoms with van der Waals surface area (Å²) in [4.78, 5) is 0. The third-order valence-electron chi connectivity index (χ3n) is 2.03. The fraction of sp³-hybridized carbons (Fsp3) is 0.300. The molecule has 1 rings (SSSR count). The van der Waals surface area contributed by atoms with Crippen LogP contribution in [0.5, 0.6) is 0 Å². The highest BCUT2D eigenvalue weighted by Gasteiger charge is 2.31. The van der Waals surface area contributed by atoms with Gasteiger partial charge in [-0.05, 0) is 23.8 Å². The summed E-state index contributed by atoms with van der Waals surface area (Å²) in [6.07, 6.45) is -4.43. The molecule has 1 aromatic carbocycles. The number of halogens is 4. The number of alkyl halides is 3. The Bertz CT molecular complexity index is 423. The lowest BCUT2D eigenvalue weighted by Gasteiger charge is -2.14. The predicted octanol–water partition coefficient (Wildman–Crippen LogP) is 3.38. The monoisotopic (exact) mass is 292 g/mol. The molecular weight excluding hydrogens is 285 g/mol. The topological polar surface area (TPSA) is 49.8 Å². The van der Waals surface area contributed by atoms with Crippen molar-refractivity contribution in [1.29, 1.82) is 5.26 Å². The lowest BCUT2D eigenvalue weighted by molar-refractivity contribution is -0.137. The molecule has 0 saturated heterocycles. The van der Waals surface area contributed by atoms with Crippen molar-refractivity contribution in [2.24, 2.45) is 5.73 Å². The Balaban J connectivity index is 3.15. The number of nitrogens with two attached hydrogens (primary N) is 1. The van der Waals surface area contributed by atoms with E-state index in [2.05, 4.69) is 15.9 Å². The van der Waals surface area contributed by atoms with Gasteiger partial charge in [-0.15, -0.1) is 0 Å². The van der Waals surface area contributed by atoms with Gasteiger partial charge in [0, 0.05) is 10.5 Å². The van der Waals surface area contributed by atoms with E-state index < -0.39 is 17.8 Å². The zero-order chi connectivity index (χ0) is 12.3. The average molecular weight is 293 g/mol. The predicted molar refractivity (Wildman–Crippen MR) is 56.3 cm³/mol. The van der Waals surface area contributed by atoms with Gasteiger partial charge in [-0.2, -0.15) is 18.4 Å². The van der Waals surface area contributed by atoms with Crippen LogP contribution in [0.2, 0.25) is 0 Å². The van der Waals surface area contributed by atoms with Crippen molar-refractivity contribution in [2.75, 3.05) is 0 Å². The third-order valence-corrected chi connectivity index (χ3v) is 2.76. The van der Waals surface area contributed by atoms with Crippen LogP contribution < -0.4 is 5.73 Å². The van der Waals surface area contributed by atoms with Gasteiger partial charge in [0.1, 0.15) is 0 Å². The zero-order valence-electron chi connectivity index (χ0n) is 8.05. The molecule has 0 aromatic heterocycles. The van der Waals surface area contributed by atoms with Crippen LogP contribution in [-0.2, 0) is 6.18 Å². The Morgan fingerprint density at radius 3 is 2.56 bits per heavy atom. The van der Waals surface area contributed by atoms with Crippen molar-refractivity contribution >= 4 is 15.9 Å².